The first-order valence-corrected chi connectivity index (χ1v) is 5.45. The summed E-state index contributed by atoms with van der Waals surface area (Å²) < 4.78 is 4.97. The highest BCUT2D eigenvalue weighted by atomic mass is 16.5. The summed E-state index contributed by atoms with van der Waals surface area (Å²) in [7, 11) is 0. The van der Waals surface area contributed by atoms with Crippen LogP contribution >= 0.6 is 0 Å². The van der Waals surface area contributed by atoms with E-state index in [0.29, 0.717) is 24.3 Å². The van der Waals surface area contributed by atoms with Crippen molar-refractivity contribution in [3.8, 4) is 0 Å². The molecule has 1 aromatic heterocycles. The van der Waals surface area contributed by atoms with E-state index in [1.807, 2.05) is 6.92 Å². The highest BCUT2D eigenvalue weighted by Gasteiger charge is 2.01. The average molecular weight is 212 g/mol. The molecular formula is C10H20N4O. The molecular weight excluding hydrogens is 192 g/mol. The van der Waals surface area contributed by atoms with Crippen molar-refractivity contribution < 1.29 is 4.52 Å². The van der Waals surface area contributed by atoms with Crippen molar-refractivity contribution in [2.24, 2.45) is 0 Å². The average Bonchev–Trinajstić information content (AvgIpc) is 2.63. The van der Waals surface area contributed by atoms with Crippen molar-refractivity contribution >= 4 is 0 Å². The molecule has 1 unspecified atom stereocenters. The Morgan fingerprint density at radius 3 is 2.80 bits per heavy atom. The molecule has 0 aliphatic rings. The number of rotatable bonds is 7. The van der Waals surface area contributed by atoms with Crippen LogP contribution in [0.3, 0.4) is 0 Å². The molecule has 0 fully saturated rings. The molecule has 0 radical (unpaired) electrons. The highest BCUT2D eigenvalue weighted by Crippen LogP contribution is 1.93. The number of hydrogen-bond acceptors (Lipinski definition) is 5. The number of nitrogens with one attached hydrogen (secondary N) is 2. The molecule has 0 amide bonds. The summed E-state index contributed by atoms with van der Waals surface area (Å²) >= 11 is 0. The van der Waals surface area contributed by atoms with Gasteiger partial charge in [0.15, 0.2) is 5.82 Å². The number of aromatic nitrogens is 2. The molecule has 1 rings (SSSR count). The minimum absolute atomic E-state index is 0.581. The van der Waals surface area contributed by atoms with E-state index in [-0.39, 0.29) is 0 Å². The molecule has 1 heterocycles. The lowest BCUT2D eigenvalue weighted by Gasteiger charge is -2.10. The lowest BCUT2D eigenvalue weighted by molar-refractivity contribution is 0.363. The Labute approximate surface area is 90.6 Å². The summed E-state index contributed by atoms with van der Waals surface area (Å²) in [5, 5.41) is 10.3. The van der Waals surface area contributed by atoms with E-state index in [9.17, 15) is 0 Å². The maximum atomic E-state index is 4.97. The van der Waals surface area contributed by atoms with Gasteiger partial charge < -0.3 is 15.2 Å². The van der Waals surface area contributed by atoms with Gasteiger partial charge in [0.2, 0.25) is 5.89 Å². The number of nitrogens with zero attached hydrogens (tertiary/aromatic N) is 2. The van der Waals surface area contributed by atoms with Crippen LogP contribution < -0.4 is 10.6 Å². The van der Waals surface area contributed by atoms with Gasteiger partial charge in [-0.2, -0.15) is 4.98 Å². The van der Waals surface area contributed by atoms with E-state index < -0.39 is 0 Å². The Hall–Kier alpha value is -0.940. The monoisotopic (exact) mass is 212 g/mol. The first-order valence-electron chi connectivity index (χ1n) is 5.45. The zero-order chi connectivity index (χ0) is 11.1. The van der Waals surface area contributed by atoms with Crippen LogP contribution in [-0.2, 0) is 6.54 Å². The van der Waals surface area contributed by atoms with Crippen molar-refractivity contribution in [1.29, 1.82) is 0 Å². The second-order valence-electron chi connectivity index (χ2n) is 3.68. The van der Waals surface area contributed by atoms with Crippen molar-refractivity contribution in [1.82, 2.24) is 20.8 Å². The van der Waals surface area contributed by atoms with Crippen molar-refractivity contribution in [2.75, 3.05) is 13.1 Å². The topological polar surface area (TPSA) is 63.0 Å². The largest absolute Gasteiger partial charge is 0.338 e. The summed E-state index contributed by atoms with van der Waals surface area (Å²) in [6.07, 6.45) is 1.16. The predicted molar refractivity (Wildman–Crippen MR) is 58.5 cm³/mol. The molecule has 15 heavy (non-hydrogen) atoms. The standard InChI is InChI=1S/C10H20N4O/c1-4-8(2)12-6-5-11-7-10-13-9(3)14-15-10/h8,11-12H,4-7H2,1-3H3. The van der Waals surface area contributed by atoms with E-state index in [2.05, 4.69) is 34.6 Å². The van der Waals surface area contributed by atoms with Crippen LogP contribution in [0.5, 0.6) is 0 Å². The molecule has 0 spiro atoms. The van der Waals surface area contributed by atoms with Crippen molar-refractivity contribution in [2.45, 2.75) is 39.8 Å². The predicted octanol–water partition coefficient (Wildman–Crippen LogP) is 0.856. The normalized spacial score (nSPS) is 13.0. The maximum absolute atomic E-state index is 4.97. The SMILES string of the molecule is CCC(C)NCCNCc1nc(C)no1. The van der Waals surface area contributed by atoms with Crippen LogP contribution in [0.25, 0.3) is 0 Å². The quantitative estimate of drug-likeness (QED) is 0.656. The fourth-order valence-electron chi connectivity index (χ4n) is 1.16. The van der Waals surface area contributed by atoms with Gasteiger partial charge in [0.25, 0.3) is 0 Å². The fraction of sp³-hybridized carbons (Fsp3) is 0.800. The van der Waals surface area contributed by atoms with Gasteiger partial charge >= 0.3 is 0 Å². The lowest BCUT2D eigenvalue weighted by atomic mass is 10.3. The molecule has 5 nitrogen and oxygen atoms in total. The summed E-state index contributed by atoms with van der Waals surface area (Å²) in [6.45, 7) is 8.68. The van der Waals surface area contributed by atoms with Gasteiger partial charge in [-0.15, -0.1) is 0 Å². The molecule has 0 aliphatic heterocycles. The molecule has 1 aromatic rings. The molecule has 0 bridgehead atoms. The second-order valence-corrected chi connectivity index (χ2v) is 3.68. The molecule has 1 atom stereocenters. The van der Waals surface area contributed by atoms with E-state index in [1.165, 1.54) is 0 Å². The van der Waals surface area contributed by atoms with Crippen molar-refractivity contribution in [3.63, 3.8) is 0 Å². The van der Waals surface area contributed by atoms with Gasteiger partial charge in [-0.1, -0.05) is 12.1 Å². The maximum Gasteiger partial charge on any atom is 0.240 e. The van der Waals surface area contributed by atoms with Gasteiger partial charge in [-0.3, -0.25) is 0 Å². The zero-order valence-electron chi connectivity index (χ0n) is 9.71. The molecule has 2 N–H and O–H groups in total. The van der Waals surface area contributed by atoms with Gasteiger partial charge in [0, 0.05) is 19.1 Å². The minimum Gasteiger partial charge on any atom is -0.338 e. The van der Waals surface area contributed by atoms with Crippen LogP contribution in [0.2, 0.25) is 0 Å². The van der Waals surface area contributed by atoms with Crippen LogP contribution in [-0.4, -0.2) is 29.3 Å². The van der Waals surface area contributed by atoms with Crippen LogP contribution in [0, 0.1) is 6.92 Å². The number of aryl methyl sites for hydroxylation is 1. The zero-order valence-corrected chi connectivity index (χ0v) is 9.71. The summed E-state index contributed by atoms with van der Waals surface area (Å²) in [5.74, 6) is 1.33. The molecule has 0 aromatic carbocycles. The Kier molecular flexibility index (Phi) is 5.28. The smallest absolute Gasteiger partial charge is 0.240 e. The summed E-state index contributed by atoms with van der Waals surface area (Å²) in [6, 6.07) is 0.581. The van der Waals surface area contributed by atoms with Gasteiger partial charge in [0.1, 0.15) is 0 Å². The first kappa shape index (κ1) is 12.1. The Morgan fingerprint density at radius 2 is 2.20 bits per heavy atom. The van der Waals surface area contributed by atoms with Crippen LogP contribution in [0.4, 0.5) is 0 Å². The molecule has 86 valence electrons. The molecule has 5 heteroatoms. The Bertz CT molecular complexity index is 274. The third-order valence-corrected chi connectivity index (χ3v) is 2.25. The second kappa shape index (κ2) is 6.53. The Morgan fingerprint density at radius 1 is 1.40 bits per heavy atom. The van der Waals surface area contributed by atoms with E-state index in [4.69, 9.17) is 4.52 Å². The van der Waals surface area contributed by atoms with Crippen LogP contribution in [0.15, 0.2) is 4.52 Å². The van der Waals surface area contributed by atoms with Crippen LogP contribution in [0.1, 0.15) is 32.0 Å². The summed E-state index contributed by atoms with van der Waals surface area (Å²) in [4.78, 5) is 4.10. The van der Waals surface area contributed by atoms with Gasteiger partial charge in [0.05, 0.1) is 6.54 Å². The highest BCUT2D eigenvalue weighted by molar-refractivity contribution is 4.81. The van der Waals surface area contributed by atoms with E-state index in [1.54, 1.807) is 0 Å². The van der Waals surface area contributed by atoms with E-state index >= 15 is 0 Å². The Balaban J connectivity index is 2.02. The molecule has 0 saturated heterocycles. The summed E-state index contributed by atoms with van der Waals surface area (Å²) in [5.41, 5.74) is 0. The third kappa shape index (κ3) is 4.90. The van der Waals surface area contributed by atoms with Gasteiger partial charge in [-0.05, 0) is 20.3 Å². The third-order valence-electron chi connectivity index (χ3n) is 2.25. The lowest BCUT2D eigenvalue weighted by Crippen LogP contribution is -2.32. The molecule has 0 saturated carbocycles. The van der Waals surface area contributed by atoms with Gasteiger partial charge in [-0.25, -0.2) is 0 Å². The van der Waals surface area contributed by atoms with Crippen molar-refractivity contribution in [3.05, 3.63) is 11.7 Å². The molecule has 0 aliphatic carbocycles. The number of hydrogen-bond donors (Lipinski definition) is 2. The van der Waals surface area contributed by atoms with E-state index in [0.717, 1.165) is 19.5 Å². The minimum atomic E-state index is 0.581. The fourth-order valence-corrected chi connectivity index (χ4v) is 1.16. The first-order chi connectivity index (χ1) is 7.22.